The highest BCUT2D eigenvalue weighted by atomic mass is 35.5. The van der Waals surface area contributed by atoms with Crippen LogP contribution in [-0.2, 0) is 0 Å². The van der Waals surface area contributed by atoms with E-state index in [9.17, 15) is 0 Å². The van der Waals surface area contributed by atoms with E-state index in [0.717, 1.165) is 9.93 Å². The molecule has 0 nitrogen and oxygen atoms in total. The number of hydrogen-bond donors (Lipinski definition) is 0. The topological polar surface area (TPSA) is 0 Å². The molecule has 0 heterocycles. The molecule has 0 bridgehead atoms. The number of rotatable bonds is 2. The molecule has 0 radical (unpaired) electrons. The molecule has 1 aromatic rings. The van der Waals surface area contributed by atoms with Crippen molar-refractivity contribution >= 4 is 23.4 Å². The first-order valence-corrected chi connectivity index (χ1v) is 5.88. The molecule has 0 saturated heterocycles. The first kappa shape index (κ1) is 13.6. The fourth-order valence-corrected chi connectivity index (χ4v) is 1.87. The monoisotopic (exact) mass is 228 g/mol. The molecule has 0 N–H and O–H groups in total. The average Bonchev–Trinajstić information content (AvgIpc) is 2.13. The van der Waals surface area contributed by atoms with Gasteiger partial charge in [-0.3, -0.25) is 0 Å². The molecule has 0 amide bonds. The third kappa shape index (κ3) is 4.73. The van der Waals surface area contributed by atoms with Crippen LogP contribution in [0.1, 0.15) is 26.3 Å². The molecule has 0 aliphatic rings. The Morgan fingerprint density at radius 2 is 1.93 bits per heavy atom. The third-order valence-electron chi connectivity index (χ3n) is 1.42. The van der Waals surface area contributed by atoms with Crippen LogP contribution in [0.25, 0.3) is 0 Å². The molecule has 0 fully saturated rings. The fourth-order valence-electron chi connectivity index (χ4n) is 0.915. The van der Waals surface area contributed by atoms with E-state index in [0.29, 0.717) is 0 Å². The molecule has 0 saturated carbocycles. The van der Waals surface area contributed by atoms with Crippen LogP contribution in [0.4, 0.5) is 0 Å². The van der Waals surface area contributed by atoms with Crippen molar-refractivity contribution in [1.82, 2.24) is 0 Å². The summed E-state index contributed by atoms with van der Waals surface area (Å²) in [5, 5.41) is 0.790. The first-order chi connectivity index (χ1) is 6.59. The van der Waals surface area contributed by atoms with Gasteiger partial charge in [-0.15, -0.1) is 0 Å². The van der Waals surface area contributed by atoms with Gasteiger partial charge in [0.15, 0.2) is 0 Å². The second kappa shape index (κ2) is 6.97. The zero-order chi connectivity index (χ0) is 11.1. The van der Waals surface area contributed by atoms with Crippen molar-refractivity contribution in [2.75, 3.05) is 0 Å². The Morgan fingerprint density at radius 3 is 2.36 bits per heavy atom. The van der Waals surface area contributed by atoms with E-state index in [1.807, 2.05) is 39.0 Å². The van der Waals surface area contributed by atoms with Gasteiger partial charge in [-0.25, -0.2) is 0 Å². The SMILES string of the molecule is C=C(C)Sc1ccc(Cl)cc1C.CC. The lowest BCUT2D eigenvalue weighted by Crippen LogP contribution is -1.78. The highest BCUT2D eigenvalue weighted by Crippen LogP contribution is 2.29. The summed E-state index contributed by atoms with van der Waals surface area (Å²) in [6.45, 7) is 11.9. The van der Waals surface area contributed by atoms with Crippen LogP contribution in [0.5, 0.6) is 0 Å². The van der Waals surface area contributed by atoms with E-state index in [1.165, 1.54) is 10.5 Å². The zero-order valence-corrected chi connectivity index (χ0v) is 10.8. The van der Waals surface area contributed by atoms with Crippen molar-refractivity contribution in [3.05, 3.63) is 40.3 Å². The summed E-state index contributed by atoms with van der Waals surface area (Å²) >= 11 is 7.50. The number of hydrogen-bond acceptors (Lipinski definition) is 1. The van der Waals surface area contributed by atoms with Crippen LogP contribution in [0.15, 0.2) is 34.6 Å². The Bertz CT molecular complexity index is 305. The maximum Gasteiger partial charge on any atom is 0.0409 e. The van der Waals surface area contributed by atoms with E-state index in [1.54, 1.807) is 11.8 Å². The average molecular weight is 229 g/mol. The molecule has 78 valence electrons. The van der Waals surface area contributed by atoms with Crippen LogP contribution >= 0.6 is 23.4 Å². The molecule has 0 unspecified atom stereocenters. The van der Waals surface area contributed by atoms with Gasteiger partial charge in [-0.2, -0.15) is 0 Å². The second-order valence-electron chi connectivity index (χ2n) is 2.71. The maximum absolute atomic E-state index is 5.82. The number of allylic oxidation sites excluding steroid dienone is 1. The molecule has 0 atom stereocenters. The lowest BCUT2D eigenvalue weighted by Gasteiger charge is -2.04. The first-order valence-electron chi connectivity index (χ1n) is 4.69. The van der Waals surface area contributed by atoms with Gasteiger partial charge in [0.05, 0.1) is 0 Å². The van der Waals surface area contributed by atoms with Crippen molar-refractivity contribution in [1.29, 1.82) is 0 Å². The smallest absolute Gasteiger partial charge is 0.0409 e. The molecule has 2 heteroatoms. The Kier molecular flexibility index (Phi) is 6.77. The lowest BCUT2D eigenvalue weighted by atomic mass is 10.2. The van der Waals surface area contributed by atoms with Crippen molar-refractivity contribution in [3.63, 3.8) is 0 Å². The van der Waals surface area contributed by atoms with Crippen LogP contribution in [0.2, 0.25) is 5.02 Å². The number of aryl methyl sites for hydroxylation is 1. The van der Waals surface area contributed by atoms with Crippen LogP contribution in [0, 0.1) is 6.92 Å². The van der Waals surface area contributed by atoms with E-state index in [2.05, 4.69) is 13.5 Å². The largest absolute Gasteiger partial charge is 0.0952 e. The van der Waals surface area contributed by atoms with Gasteiger partial charge in [-0.05, 0) is 42.5 Å². The van der Waals surface area contributed by atoms with Crippen molar-refractivity contribution in [2.24, 2.45) is 0 Å². The number of thioether (sulfide) groups is 1. The van der Waals surface area contributed by atoms with Crippen LogP contribution < -0.4 is 0 Å². The van der Waals surface area contributed by atoms with Crippen molar-refractivity contribution in [3.8, 4) is 0 Å². The standard InChI is InChI=1S/C10H11ClS.C2H6/c1-7(2)12-10-5-4-9(11)6-8(10)3;1-2/h4-6H,1H2,2-3H3;1-2H3. The molecule has 1 rings (SSSR count). The summed E-state index contributed by atoms with van der Waals surface area (Å²) in [5.41, 5.74) is 1.20. The van der Waals surface area contributed by atoms with Gasteiger partial charge in [0.2, 0.25) is 0 Å². The Balaban J connectivity index is 0.000000791. The minimum Gasteiger partial charge on any atom is -0.0952 e. The predicted molar refractivity (Wildman–Crippen MR) is 68.2 cm³/mol. The Hall–Kier alpha value is -0.400. The highest BCUT2D eigenvalue weighted by Gasteiger charge is 1.99. The molecular formula is C12H17ClS. The van der Waals surface area contributed by atoms with Crippen molar-refractivity contribution in [2.45, 2.75) is 32.6 Å². The van der Waals surface area contributed by atoms with E-state index in [-0.39, 0.29) is 0 Å². The summed E-state index contributed by atoms with van der Waals surface area (Å²) < 4.78 is 0. The molecule has 0 aromatic heterocycles. The summed E-state index contributed by atoms with van der Waals surface area (Å²) in [6, 6.07) is 5.89. The van der Waals surface area contributed by atoms with E-state index < -0.39 is 0 Å². The molecule has 1 aromatic carbocycles. The summed E-state index contributed by atoms with van der Waals surface area (Å²) in [5.74, 6) is 0. The number of benzene rings is 1. The normalized spacial score (nSPS) is 8.93. The van der Waals surface area contributed by atoms with Gasteiger partial charge in [0.25, 0.3) is 0 Å². The molecular weight excluding hydrogens is 212 g/mol. The fraction of sp³-hybridized carbons (Fsp3) is 0.333. The molecule has 0 aliphatic carbocycles. The number of halogens is 1. The molecule has 0 aliphatic heterocycles. The Labute approximate surface area is 96.4 Å². The minimum atomic E-state index is 0.790. The van der Waals surface area contributed by atoms with Gasteiger partial charge in [-0.1, -0.05) is 43.8 Å². The van der Waals surface area contributed by atoms with Crippen molar-refractivity contribution < 1.29 is 0 Å². The zero-order valence-electron chi connectivity index (χ0n) is 9.23. The predicted octanol–water partition coefficient (Wildman–Crippen LogP) is 5.30. The maximum atomic E-state index is 5.82. The Morgan fingerprint density at radius 1 is 1.36 bits per heavy atom. The molecule has 14 heavy (non-hydrogen) atoms. The lowest BCUT2D eigenvalue weighted by molar-refractivity contribution is 1.31. The van der Waals surface area contributed by atoms with Gasteiger partial charge < -0.3 is 0 Å². The quantitative estimate of drug-likeness (QED) is 0.619. The van der Waals surface area contributed by atoms with E-state index >= 15 is 0 Å². The van der Waals surface area contributed by atoms with Gasteiger partial charge >= 0.3 is 0 Å². The van der Waals surface area contributed by atoms with Gasteiger partial charge in [0, 0.05) is 9.92 Å². The second-order valence-corrected chi connectivity index (χ2v) is 4.49. The van der Waals surface area contributed by atoms with Crippen LogP contribution in [-0.4, -0.2) is 0 Å². The van der Waals surface area contributed by atoms with Crippen LogP contribution in [0.3, 0.4) is 0 Å². The minimum absolute atomic E-state index is 0.790. The third-order valence-corrected chi connectivity index (χ3v) is 2.68. The highest BCUT2D eigenvalue weighted by molar-refractivity contribution is 8.03. The summed E-state index contributed by atoms with van der Waals surface area (Å²) in [7, 11) is 0. The molecule has 0 spiro atoms. The van der Waals surface area contributed by atoms with Gasteiger partial charge in [0.1, 0.15) is 0 Å². The summed E-state index contributed by atoms with van der Waals surface area (Å²) in [4.78, 5) is 2.33. The summed E-state index contributed by atoms with van der Waals surface area (Å²) in [6.07, 6.45) is 0. The van der Waals surface area contributed by atoms with E-state index in [4.69, 9.17) is 11.6 Å².